The highest BCUT2D eigenvalue weighted by Crippen LogP contribution is 2.23. The number of aliphatic carboxylic acids is 1. The van der Waals surface area contributed by atoms with Crippen molar-refractivity contribution in [2.24, 2.45) is 5.92 Å². The van der Waals surface area contributed by atoms with Gasteiger partial charge >= 0.3 is 12.0 Å². The van der Waals surface area contributed by atoms with Crippen LogP contribution in [0.1, 0.15) is 19.8 Å². The minimum Gasteiger partial charge on any atom is -0.481 e. The van der Waals surface area contributed by atoms with E-state index in [1.807, 2.05) is 0 Å². The normalized spacial score (nSPS) is 26.6. The molecule has 0 aliphatic carbocycles. The molecule has 0 saturated carbocycles. The van der Waals surface area contributed by atoms with E-state index in [0.29, 0.717) is 19.4 Å². The predicted octanol–water partition coefficient (Wildman–Crippen LogP) is -0.750. The molecule has 2 atom stereocenters. The van der Waals surface area contributed by atoms with Gasteiger partial charge in [-0.2, -0.15) is 0 Å². The van der Waals surface area contributed by atoms with Gasteiger partial charge in [0.15, 0.2) is 0 Å². The maximum absolute atomic E-state index is 12.1. The topological polar surface area (TPSA) is 107 Å². The standard InChI is InChI=1S/C12H17N3O5/c1-7-4-8(11(18)19)2-3-14(7)10(17)6-15-9(16)5-13-12(15)20/h7-8H,2-6H2,1H3,(H,13,20)(H,18,19). The molecule has 110 valence electrons. The number of carboxylic acids is 1. The molecule has 0 aromatic heterocycles. The highest BCUT2D eigenvalue weighted by molar-refractivity contribution is 6.04. The van der Waals surface area contributed by atoms with Crippen molar-refractivity contribution in [3.05, 3.63) is 0 Å². The van der Waals surface area contributed by atoms with E-state index in [1.165, 1.54) is 0 Å². The van der Waals surface area contributed by atoms with Gasteiger partial charge in [-0.15, -0.1) is 0 Å². The second-order valence-electron chi connectivity index (χ2n) is 5.13. The van der Waals surface area contributed by atoms with Crippen molar-refractivity contribution in [2.45, 2.75) is 25.8 Å². The molecule has 2 unspecified atom stereocenters. The van der Waals surface area contributed by atoms with Crippen molar-refractivity contribution < 1.29 is 24.3 Å². The summed E-state index contributed by atoms with van der Waals surface area (Å²) in [7, 11) is 0. The van der Waals surface area contributed by atoms with Crippen molar-refractivity contribution in [1.82, 2.24) is 15.1 Å². The molecule has 2 aliphatic heterocycles. The van der Waals surface area contributed by atoms with E-state index >= 15 is 0 Å². The summed E-state index contributed by atoms with van der Waals surface area (Å²) in [5.41, 5.74) is 0. The molecule has 8 nitrogen and oxygen atoms in total. The van der Waals surface area contributed by atoms with Crippen LogP contribution < -0.4 is 5.32 Å². The zero-order chi connectivity index (χ0) is 14.9. The quantitative estimate of drug-likeness (QED) is 0.663. The van der Waals surface area contributed by atoms with Gasteiger partial charge in [0.2, 0.25) is 5.91 Å². The lowest BCUT2D eigenvalue weighted by molar-refractivity contribution is -0.148. The maximum Gasteiger partial charge on any atom is 0.325 e. The zero-order valence-corrected chi connectivity index (χ0v) is 11.2. The first-order valence-electron chi connectivity index (χ1n) is 6.50. The average molecular weight is 283 g/mol. The second-order valence-corrected chi connectivity index (χ2v) is 5.13. The van der Waals surface area contributed by atoms with Gasteiger partial charge in [0, 0.05) is 12.6 Å². The molecule has 2 fully saturated rings. The Kier molecular flexibility index (Phi) is 3.91. The van der Waals surface area contributed by atoms with Gasteiger partial charge in [-0.3, -0.25) is 19.3 Å². The Labute approximate surface area is 115 Å². The van der Waals surface area contributed by atoms with Crippen LogP contribution in [-0.2, 0) is 14.4 Å². The van der Waals surface area contributed by atoms with Crippen molar-refractivity contribution >= 4 is 23.8 Å². The summed E-state index contributed by atoms with van der Waals surface area (Å²) in [6, 6.07) is -0.769. The number of likely N-dealkylation sites (tertiary alicyclic amines) is 1. The Morgan fingerprint density at radius 1 is 1.40 bits per heavy atom. The maximum atomic E-state index is 12.1. The number of amides is 4. The highest BCUT2D eigenvalue weighted by Gasteiger charge is 2.36. The molecule has 8 heteroatoms. The van der Waals surface area contributed by atoms with Crippen molar-refractivity contribution in [1.29, 1.82) is 0 Å². The van der Waals surface area contributed by atoms with Crippen LogP contribution in [0.5, 0.6) is 0 Å². The Hall–Kier alpha value is -2.12. The Bertz CT molecular complexity index is 448. The van der Waals surface area contributed by atoms with Crippen LogP contribution in [-0.4, -0.2) is 64.4 Å². The summed E-state index contributed by atoms with van der Waals surface area (Å²) in [5.74, 6) is -2.04. The van der Waals surface area contributed by atoms with Crippen LogP contribution in [0.2, 0.25) is 0 Å². The first kappa shape index (κ1) is 14.3. The predicted molar refractivity (Wildman–Crippen MR) is 66.6 cm³/mol. The van der Waals surface area contributed by atoms with Crippen LogP contribution >= 0.6 is 0 Å². The van der Waals surface area contributed by atoms with Crippen LogP contribution in [0.25, 0.3) is 0 Å². The number of nitrogens with one attached hydrogen (secondary N) is 1. The van der Waals surface area contributed by atoms with Crippen molar-refractivity contribution in [2.75, 3.05) is 19.6 Å². The molecule has 20 heavy (non-hydrogen) atoms. The van der Waals surface area contributed by atoms with E-state index in [-0.39, 0.29) is 25.0 Å². The third kappa shape index (κ3) is 2.73. The first-order chi connectivity index (χ1) is 9.40. The average Bonchev–Trinajstić information content (AvgIpc) is 2.70. The summed E-state index contributed by atoms with van der Waals surface area (Å²) in [5, 5.41) is 11.3. The number of carbonyl (C=O) groups is 4. The number of imide groups is 1. The number of nitrogens with zero attached hydrogens (tertiary/aromatic N) is 2. The lowest BCUT2D eigenvalue weighted by atomic mass is 9.91. The fraction of sp³-hybridized carbons (Fsp3) is 0.667. The third-order valence-electron chi connectivity index (χ3n) is 3.78. The van der Waals surface area contributed by atoms with Gasteiger partial charge in [-0.05, 0) is 19.8 Å². The van der Waals surface area contributed by atoms with Crippen LogP contribution in [0.15, 0.2) is 0 Å². The second kappa shape index (κ2) is 5.48. The van der Waals surface area contributed by atoms with E-state index in [2.05, 4.69) is 5.32 Å². The summed E-state index contributed by atoms with van der Waals surface area (Å²) < 4.78 is 0. The minimum absolute atomic E-state index is 0.0806. The monoisotopic (exact) mass is 283 g/mol. The summed E-state index contributed by atoms with van der Waals surface area (Å²) >= 11 is 0. The van der Waals surface area contributed by atoms with Gasteiger partial charge in [-0.25, -0.2) is 4.79 Å². The molecule has 0 spiro atoms. The number of piperidine rings is 1. The lowest BCUT2D eigenvalue weighted by Crippen LogP contribution is -2.50. The molecule has 0 aromatic rings. The van der Waals surface area contributed by atoms with Crippen molar-refractivity contribution in [3.8, 4) is 0 Å². The van der Waals surface area contributed by atoms with Gasteiger partial charge < -0.3 is 15.3 Å². The molecule has 2 heterocycles. The molecule has 4 amide bonds. The number of urea groups is 1. The Morgan fingerprint density at radius 3 is 2.60 bits per heavy atom. The molecule has 0 aromatic carbocycles. The SMILES string of the molecule is CC1CC(C(=O)O)CCN1C(=O)CN1C(=O)CNC1=O. The molecule has 2 rings (SSSR count). The van der Waals surface area contributed by atoms with E-state index < -0.39 is 23.8 Å². The summed E-state index contributed by atoms with van der Waals surface area (Å²) in [6.45, 7) is 1.75. The third-order valence-corrected chi connectivity index (χ3v) is 3.78. The number of hydrogen-bond donors (Lipinski definition) is 2. The molecule has 2 saturated heterocycles. The smallest absolute Gasteiger partial charge is 0.325 e. The van der Waals surface area contributed by atoms with Gasteiger partial charge in [-0.1, -0.05) is 0 Å². The molecule has 0 radical (unpaired) electrons. The number of carbonyl (C=O) groups excluding carboxylic acids is 3. The van der Waals surface area contributed by atoms with Gasteiger partial charge in [0.25, 0.3) is 5.91 Å². The Morgan fingerprint density at radius 2 is 2.10 bits per heavy atom. The molecule has 2 N–H and O–H groups in total. The molecular formula is C12H17N3O5. The van der Waals surface area contributed by atoms with Gasteiger partial charge in [0.1, 0.15) is 6.54 Å². The largest absolute Gasteiger partial charge is 0.481 e. The first-order valence-corrected chi connectivity index (χ1v) is 6.50. The summed E-state index contributed by atoms with van der Waals surface area (Å²) in [6.07, 6.45) is 0.784. The zero-order valence-electron chi connectivity index (χ0n) is 11.2. The van der Waals surface area contributed by atoms with E-state index in [4.69, 9.17) is 5.11 Å². The van der Waals surface area contributed by atoms with Crippen LogP contribution in [0, 0.1) is 5.92 Å². The number of hydrogen-bond acceptors (Lipinski definition) is 4. The van der Waals surface area contributed by atoms with Crippen LogP contribution in [0.4, 0.5) is 4.79 Å². The fourth-order valence-electron chi connectivity index (χ4n) is 2.61. The van der Waals surface area contributed by atoms with Crippen molar-refractivity contribution in [3.63, 3.8) is 0 Å². The molecule has 2 aliphatic rings. The van der Waals surface area contributed by atoms with E-state index in [1.54, 1.807) is 11.8 Å². The van der Waals surface area contributed by atoms with Crippen LogP contribution in [0.3, 0.4) is 0 Å². The number of rotatable bonds is 3. The molecule has 0 bridgehead atoms. The lowest BCUT2D eigenvalue weighted by Gasteiger charge is -2.36. The fourth-order valence-corrected chi connectivity index (χ4v) is 2.61. The Balaban J connectivity index is 1.95. The van der Waals surface area contributed by atoms with E-state index in [9.17, 15) is 19.2 Å². The van der Waals surface area contributed by atoms with Gasteiger partial charge in [0.05, 0.1) is 12.5 Å². The minimum atomic E-state index is -0.849. The highest BCUT2D eigenvalue weighted by atomic mass is 16.4. The van der Waals surface area contributed by atoms with E-state index in [0.717, 1.165) is 4.90 Å². The number of carboxylic acid groups (broad SMARTS) is 1. The summed E-state index contributed by atoms with van der Waals surface area (Å²) in [4.78, 5) is 48.3. The molecular weight excluding hydrogens is 266 g/mol.